The molecule has 0 spiro atoms. The maximum Gasteiger partial charge on any atom is 0.123 e. The van der Waals surface area contributed by atoms with Crippen LogP contribution in [0.3, 0.4) is 0 Å². The first-order valence-corrected chi connectivity index (χ1v) is 4.75. The molecule has 1 aliphatic rings. The van der Waals surface area contributed by atoms with Gasteiger partial charge in [-0.3, -0.25) is 0 Å². The number of hydrogen-bond donors (Lipinski definition) is 2. The van der Waals surface area contributed by atoms with Crippen molar-refractivity contribution in [3.05, 3.63) is 17.8 Å². The van der Waals surface area contributed by atoms with Gasteiger partial charge in [-0.15, -0.1) is 0 Å². The van der Waals surface area contributed by atoms with Gasteiger partial charge in [-0.05, 0) is 38.3 Å². The van der Waals surface area contributed by atoms with Crippen LogP contribution in [0.25, 0.3) is 0 Å². The van der Waals surface area contributed by atoms with E-state index >= 15 is 0 Å². The number of anilines is 2. The van der Waals surface area contributed by atoms with E-state index < -0.39 is 0 Å². The third kappa shape index (κ3) is 1.74. The van der Waals surface area contributed by atoms with Crippen molar-refractivity contribution in [1.82, 2.24) is 4.98 Å². The zero-order valence-corrected chi connectivity index (χ0v) is 7.88. The molecular weight excluding hydrogens is 162 g/mol. The largest absolute Gasteiger partial charge is 0.384 e. The van der Waals surface area contributed by atoms with E-state index in [-0.39, 0.29) is 0 Å². The first kappa shape index (κ1) is 8.35. The summed E-state index contributed by atoms with van der Waals surface area (Å²) in [5, 5.41) is 3.46. The molecule has 3 heteroatoms. The molecular formula is C10H15N3. The van der Waals surface area contributed by atoms with Crippen LogP contribution in [0, 0.1) is 6.92 Å². The van der Waals surface area contributed by atoms with Gasteiger partial charge in [0.05, 0.1) is 11.4 Å². The van der Waals surface area contributed by atoms with E-state index in [1.54, 1.807) is 0 Å². The normalized spacial score (nSPS) is 16.7. The van der Waals surface area contributed by atoms with Crippen LogP contribution < -0.4 is 11.1 Å². The standard InChI is InChI=1S/C10H15N3/c1-7-9(5-6-10(11)12-7)13-8-3-2-4-8/h5-6,8,13H,2-4H2,1H3,(H2,11,12). The molecule has 1 heterocycles. The summed E-state index contributed by atoms with van der Waals surface area (Å²) in [5.41, 5.74) is 7.68. The maximum absolute atomic E-state index is 5.57. The van der Waals surface area contributed by atoms with Crippen molar-refractivity contribution in [3.63, 3.8) is 0 Å². The van der Waals surface area contributed by atoms with Crippen molar-refractivity contribution < 1.29 is 0 Å². The van der Waals surface area contributed by atoms with Crippen molar-refractivity contribution in [2.45, 2.75) is 32.2 Å². The van der Waals surface area contributed by atoms with Crippen LogP contribution in [-0.4, -0.2) is 11.0 Å². The Hall–Kier alpha value is -1.25. The lowest BCUT2D eigenvalue weighted by Crippen LogP contribution is -2.27. The van der Waals surface area contributed by atoms with Crippen molar-refractivity contribution >= 4 is 11.5 Å². The summed E-state index contributed by atoms with van der Waals surface area (Å²) < 4.78 is 0. The third-order valence-electron chi connectivity index (χ3n) is 2.57. The van der Waals surface area contributed by atoms with E-state index in [1.165, 1.54) is 19.3 Å². The molecule has 2 rings (SSSR count). The Bertz CT molecular complexity index is 305. The lowest BCUT2D eigenvalue weighted by Gasteiger charge is -2.28. The third-order valence-corrected chi connectivity index (χ3v) is 2.57. The Balaban J connectivity index is 2.10. The van der Waals surface area contributed by atoms with Gasteiger partial charge in [-0.25, -0.2) is 4.98 Å². The fourth-order valence-corrected chi connectivity index (χ4v) is 1.51. The fourth-order valence-electron chi connectivity index (χ4n) is 1.51. The van der Waals surface area contributed by atoms with Gasteiger partial charge in [0.25, 0.3) is 0 Å². The van der Waals surface area contributed by atoms with Crippen LogP contribution in [0.2, 0.25) is 0 Å². The minimum Gasteiger partial charge on any atom is -0.384 e. The zero-order valence-electron chi connectivity index (χ0n) is 7.88. The summed E-state index contributed by atoms with van der Waals surface area (Å²) in [6.07, 6.45) is 3.91. The topological polar surface area (TPSA) is 50.9 Å². The van der Waals surface area contributed by atoms with Crippen LogP contribution in [0.15, 0.2) is 12.1 Å². The lowest BCUT2D eigenvalue weighted by atomic mass is 9.93. The summed E-state index contributed by atoms with van der Waals surface area (Å²) >= 11 is 0. The molecule has 1 fully saturated rings. The number of nitrogens with one attached hydrogen (secondary N) is 1. The van der Waals surface area contributed by atoms with Crippen molar-refractivity contribution in [1.29, 1.82) is 0 Å². The number of hydrogen-bond acceptors (Lipinski definition) is 3. The molecule has 1 saturated carbocycles. The Kier molecular flexibility index (Phi) is 2.08. The second kappa shape index (κ2) is 3.24. The molecule has 0 bridgehead atoms. The second-order valence-corrected chi connectivity index (χ2v) is 3.64. The molecule has 0 aliphatic heterocycles. The summed E-state index contributed by atoms with van der Waals surface area (Å²) in [6.45, 7) is 1.98. The highest BCUT2D eigenvalue weighted by atomic mass is 15.0. The molecule has 1 aliphatic carbocycles. The Morgan fingerprint density at radius 2 is 2.23 bits per heavy atom. The monoisotopic (exact) mass is 177 g/mol. The van der Waals surface area contributed by atoms with Crippen LogP contribution in [0.5, 0.6) is 0 Å². The van der Waals surface area contributed by atoms with Crippen molar-refractivity contribution in [2.75, 3.05) is 11.1 Å². The average Bonchev–Trinajstić information content (AvgIpc) is 1.99. The zero-order chi connectivity index (χ0) is 9.26. The van der Waals surface area contributed by atoms with Gasteiger partial charge in [-0.2, -0.15) is 0 Å². The quantitative estimate of drug-likeness (QED) is 0.725. The average molecular weight is 177 g/mol. The van der Waals surface area contributed by atoms with E-state index in [1.807, 2.05) is 19.1 Å². The van der Waals surface area contributed by atoms with E-state index in [0.29, 0.717) is 11.9 Å². The van der Waals surface area contributed by atoms with E-state index in [4.69, 9.17) is 5.73 Å². The smallest absolute Gasteiger partial charge is 0.123 e. The van der Waals surface area contributed by atoms with Crippen molar-refractivity contribution in [2.24, 2.45) is 0 Å². The Labute approximate surface area is 78.4 Å². The second-order valence-electron chi connectivity index (χ2n) is 3.64. The SMILES string of the molecule is Cc1nc(N)ccc1NC1CCC1. The first-order valence-electron chi connectivity index (χ1n) is 4.75. The van der Waals surface area contributed by atoms with E-state index in [2.05, 4.69) is 10.3 Å². The summed E-state index contributed by atoms with van der Waals surface area (Å²) in [6, 6.07) is 4.51. The molecule has 1 aromatic rings. The molecule has 3 N–H and O–H groups in total. The summed E-state index contributed by atoms with van der Waals surface area (Å²) in [5.74, 6) is 0.594. The molecule has 0 aromatic carbocycles. The summed E-state index contributed by atoms with van der Waals surface area (Å²) in [4.78, 5) is 4.20. The Morgan fingerprint density at radius 1 is 1.46 bits per heavy atom. The predicted molar refractivity (Wildman–Crippen MR) is 54.6 cm³/mol. The molecule has 13 heavy (non-hydrogen) atoms. The van der Waals surface area contributed by atoms with Crippen LogP contribution in [0.4, 0.5) is 11.5 Å². The highest BCUT2D eigenvalue weighted by Gasteiger charge is 2.17. The summed E-state index contributed by atoms with van der Waals surface area (Å²) in [7, 11) is 0. The molecule has 0 saturated heterocycles. The van der Waals surface area contributed by atoms with Gasteiger partial charge in [0, 0.05) is 6.04 Å². The lowest BCUT2D eigenvalue weighted by molar-refractivity contribution is 0.445. The fraction of sp³-hybridized carbons (Fsp3) is 0.500. The van der Waals surface area contributed by atoms with E-state index in [0.717, 1.165) is 11.4 Å². The van der Waals surface area contributed by atoms with Crippen LogP contribution >= 0.6 is 0 Å². The molecule has 0 atom stereocenters. The van der Waals surface area contributed by atoms with E-state index in [9.17, 15) is 0 Å². The van der Waals surface area contributed by atoms with Crippen LogP contribution in [-0.2, 0) is 0 Å². The number of pyridine rings is 1. The molecule has 0 radical (unpaired) electrons. The number of rotatable bonds is 2. The number of nitrogens with two attached hydrogens (primary N) is 1. The molecule has 1 aromatic heterocycles. The highest BCUT2D eigenvalue weighted by molar-refractivity contribution is 5.52. The first-order chi connectivity index (χ1) is 6.25. The van der Waals surface area contributed by atoms with Gasteiger partial charge >= 0.3 is 0 Å². The number of aryl methyl sites for hydroxylation is 1. The Morgan fingerprint density at radius 3 is 2.77 bits per heavy atom. The number of nitrogens with zero attached hydrogens (tertiary/aromatic N) is 1. The number of aromatic nitrogens is 1. The highest BCUT2D eigenvalue weighted by Crippen LogP contribution is 2.24. The molecule has 0 amide bonds. The van der Waals surface area contributed by atoms with Gasteiger partial charge in [0.15, 0.2) is 0 Å². The number of nitrogen functional groups attached to an aromatic ring is 1. The molecule has 0 unspecified atom stereocenters. The van der Waals surface area contributed by atoms with Gasteiger partial charge < -0.3 is 11.1 Å². The minimum absolute atomic E-state index is 0.594. The van der Waals surface area contributed by atoms with Gasteiger partial charge in [0.2, 0.25) is 0 Å². The predicted octanol–water partition coefficient (Wildman–Crippen LogP) is 1.94. The van der Waals surface area contributed by atoms with Crippen molar-refractivity contribution in [3.8, 4) is 0 Å². The minimum atomic E-state index is 0.594. The van der Waals surface area contributed by atoms with Gasteiger partial charge in [-0.1, -0.05) is 0 Å². The molecule has 3 nitrogen and oxygen atoms in total. The molecule has 70 valence electrons. The van der Waals surface area contributed by atoms with Crippen LogP contribution in [0.1, 0.15) is 25.0 Å². The maximum atomic E-state index is 5.57. The van der Waals surface area contributed by atoms with Gasteiger partial charge in [0.1, 0.15) is 5.82 Å².